The van der Waals surface area contributed by atoms with Crippen LogP contribution in [0, 0.1) is 5.92 Å². The first-order chi connectivity index (χ1) is 17.0. The molecule has 35 heavy (non-hydrogen) atoms. The van der Waals surface area contributed by atoms with E-state index in [1.165, 1.54) is 5.56 Å². The molecule has 1 N–H and O–H groups in total. The minimum absolute atomic E-state index is 0.0303. The van der Waals surface area contributed by atoms with Gasteiger partial charge in [0.2, 0.25) is 5.91 Å². The molecule has 4 aromatic rings. The first-order valence-corrected chi connectivity index (χ1v) is 13.1. The third-order valence-corrected chi connectivity index (χ3v) is 7.28. The van der Waals surface area contributed by atoms with Crippen LogP contribution in [0.4, 0.5) is 5.69 Å². The van der Waals surface area contributed by atoms with Crippen molar-refractivity contribution in [3.63, 3.8) is 0 Å². The molecular formula is C29H31BrN4O. The molecule has 1 saturated heterocycles. The summed E-state index contributed by atoms with van der Waals surface area (Å²) in [6.07, 6.45) is 1.91. The second-order valence-corrected chi connectivity index (χ2v) is 10.6. The summed E-state index contributed by atoms with van der Waals surface area (Å²) in [6.45, 7) is 6.75. The number of carbonyl (C=O) groups excluding carboxylic acids is 1. The molecule has 2 heterocycles. The zero-order valence-electron chi connectivity index (χ0n) is 20.2. The number of benzene rings is 3. The van der Waals surface area contributed by atoms with Gasteiger partial charge in [0.25, 0.3) is 0 Å². The van der Waals surface area contributed by atoms with Crippen molar-refractivity contribution >= 4 is 38.6 Å². The number of anilines is 1. The molecule has 0 radical (unpaired) electrons. The minimum atomic E-state index is -0.0303. The summed E-state index contributed by atoms with van der Waals surface area (Å²) in [4.78, 5) is 20.4. The molecule has 1 fully saturated rings. The summed E-state index contributed by atoms with van der Waals surface area (Å²) in [5.74, 6) is 1.55. The van der Waals surface area contributed by atoms with Gasteiger partial charge in [0.05, 0.1) is 23.5 Å². The Labute approximate surface area is 215 Å². The molecule has 1 aliphatic heterocycles. The third-order valence-electron chi connectivity index (χ3n) is 6.78. The van der Waals surface area contributed by atoms with Crippen LogP contribution in [0.5, 0.6) is 0 Å². The van der Waals surface area contributed by atoms with E-state index in [9.17, 15) is 4.79 Å². The van der Waals surface area contributed by atoms with E-state index in [4.69, 9.17) is 4.98 Å². The number of likely N-dealkylation sites (tertiary alicyclic amines) is 1. The van der Waals surface area contributed by atoms with Crippen LogP contribution in [0.15, 0.2) is 77.3 Å². The molecule has 6 heteroatoms. The van der Waals surface area contributed by atoms with Crippen molar-refractivity contribution in [1.82, 2.24) is 14.5 Å². The SMILES string of the molecule is CC(C)c1ccc(NC(=O)[C@H]2CCCN(Cc3nc4ccccc4n3-c3cccc(Br)c3)C2)cc1. The molecule has 5 nitrogen and oxygen atoms in total. The van der Waals surface area contributed by atoms with Crippen LogP contribution in [-0.4, -0.2) is 33.4 Å². The van der Waals surface area contributed by atoms with Crippen molar-refractivity contribution < 1.29 is 4.79 Å². The number of aromatic nitrogens is 2. The molecule has 0 spiro atoms. The van der Waals surface area contributed by atoms with Gasteiger partial charge >= 0.3 is 0 Å². The molecule has 5 rings (SSSR count). The second-order valence-electron chi connectivity index (χ2n) is 9.67. The molecule has 1 atom stereocenters. The normalized spacial score (nSPS) is 16.6. The molecule has 0 unspecified atom stereocenters. The zero-order valence-corrected chi connectivity index (χ0v) is 21.8. The molecular weight excluding hydrogens is 500 g/mol. The van der Waals surface area contributed by atoms with Crippen molar-refractivity contribution in [2.45, 2.75) is 39.2 Å². The van der Waals surface area contributed by atoms with E-state index >= 15 is 0 Å². The van der Waals surface area contributed by atoms with E-state index in [1.807, 2.05) is 30.3 Å². The lowest BCUT2D eigenvalue weighted by Crippen LogP contribution is -2.40. The predicted octanol–water partition coefficient (Wildman–Crippen LogP) is 6.76. The lowest BCUT2D eigenvalue weighted by molar-refractivity contribution is -0.121. The van der Waals surface area contributed by atoms with Crippen LogP contribution in [-0.2, 0) is 11.3 Å². The Balaban J connectivity index is 1.33. The van der Waals surface area contributed by atoms with Gasteiger partial charge in [0, 0.05) is 22.4 Å². The smallest absolute Gasteiger partial charge is 0.228 e. The lowest BCUT2D eigenvalue weighted by atomic mass is 9.97. The number of rotatable bonds is 6. The third kappa shape index (κ3) is 5.34. The summed E-state index contributed by atoms with van der Waals surface area (Å²) in [6, 6.07) is 24.8. The van der Waals surface area contributed by atoms with Crippen molar-refractivity contribution in [2.75, 3.05) is 18.4 Å². The van der Waals surface area contributed by atoms with E-state index in [1.54, 1.807) is 0 Å². The van der Waals surface area contributed by atoms with Crippen LogP contribution >= 0.6 is 15.9 Å². The number of amides is 1. The van der Waals surface area contributed by atoms with Crippen LogP contribution in [0.3, 0.4) is 0 Å². The van der Waals surface area contributed by atoms with Gasteiger partial charge in [-0.1, -0.05) is 60.1 Å². The number of para-hydroxylation sites is 2. The molecule has 0 saturated carbocycles. The second kappa shape index (κ2) is 10.3. The average molecular weight is 531 g/mol. The maximum absolute atomic E-state index is 13.1. The number of nitrogens with zero attached hydrogens (tertiary/aromatic N) is 3. The van der Waals surface area contributed by atoms with Gasteiger partial charge in [-0.3, -0.25) is 14.3 Å². The molecule has 180 valence electrons. The van der Waals surface area contributed by atoms with E-state index in [-0.39, 0.29) is 11.8 Å². The number of hydrogen-bond donors (Lipinski definition) is 1. The first-order valence-electron chi connectivity index (χ1n) is 12.3. The number of piperidine rings is 1. The molecule has 0 bridgehead atoms. The van der Waals surface area contributed by atoms with Crippen LogP contribution in [0.1, 0.15) is 44.0 Å². The first kappa shape index (κ1) is 23.8. The molecule has 1 aromatic heterocycles. The fraction of sp³-hybridized carbons (Fsp3) is 0.310. The fourth-order valence-corrected chi connectivity index (χ4v) is 5.28. The largest absolute Gasteiger partial charge is 0.326 e. The maximum atomic E-state index is 13.1. The Kier molecular flexibility index (Phi) is 7.02. The van der Waals surface area contributed by atoms with Gasteiger partial charge in [0.15, 0.2) is 0 Å². The Morgan fingerprint density at radius 3 is 2.66 bits per heavy atom. The number of hydrogen-bond acceptors (Lipinski definition) is 3. The highest BCUT2D eigenvalue weighted by molar-refractivity contribution is 9.10. The number of carbonyl (C=O) groups is 1. The van der Waals surface area contributed by atoms with E-state index in [2.05, 4.69) is 87.0 Å². The van der Waals surface area contributed by atoms with Crippen LogP contribution in [0.25, 0.3) is 16.7 Å². The van der Waals surface area contributed by atoms with Crippen molar-refractivity contribution in [1.29, 1.82) is 0 Å². The van der Waals surface area contributed by atoms with Gasteiger partial charge in [0.1, 0.15) is 5.82 Å². The van der Waals surface area contributed by atoms with Gasteiger partial charge in [-0.2, -0.15) is 0 Å². The summed E-state index contributed by atoms with van der Waals surface area (Å²) >= 11 is 3.61. The zero-order chi connectivity index (χ0) is 24.4. The van der Waals surface area contributed by atoms with Crippen LogP contribution in [0.2, 0.25) is 0 Å². The Morgan fingerprint density at radius 1 is 1.09 bits per heavy atom. The average Bonchev–Trinajstić information content (AvgIpc) is 3.22. The fourth-order valence-electron chi connectivity index (χ4n) is 4.89. The van der Waals surface area contributed by atoms with Crippen molar-refractivity contribution in [3.05, 3.63) is 88.7 Å². The molecule has 1 amide bonds. The van der Waals surface area contributed by atoms with Crippen molar-refractivity contribution in [3.8, 4) is 5.69 Å². The summed E-state index contributed by atoms with van der Waals surface area (Å²) in [7, 11) is 0. The van der Waals surface area contributed by atoms with E-state index in [0.29, 0.717) is 12.5 Å². The molecule has 0 aliphatic carbocycles. The highest BCUT2D eigenvalue weighted by atomic mass is 79.9. The van der Waals surface area contributed by atoms with E-state index in [0.717, 1.165) is 58.6 Å². The van der Waals surface area contributed by atoms with Crippen LogP contribution < -0.4 is 5.32 Å². The maximum Gasteiger partial charge on any atom is 0.228 e. The summed E-state index contributed by atoms with van der Waals surface area (Å²) < 4.78 is 3.27. The van der Waals surface area contributed by atoms with Gasteiger partial charge in [-0.25, -0.2) is 4.98 Å². The minimum Gasteiger partial charge on any atom is -0.326 e. The number of halogens is 1. The Bertz CT molecular complexity index is 1330. The number of imidazole rings is 1. The Hall–Kier alpha value is -2.96. The van der Waals surface area contributed by atoms with Crippen molar-refractivity contribution in [2.24, 2.45) is 5.92 Å². The lowest BCUT2D eigenvalue weighted by Gasteiger charge is -2.31. The van der Waals surface area contributed by atoms with Gasteiger partial charge in [-0.15, -0.1) is 0 Å². The van der Waals surface area contributed by atoms with E-state index < -0.39 is 0 Å². The van der Waals surface area contributed by atoms with Gasteiger partial charge in [-0.05, 0) is 73.3 Å². The monoisotopic (exact) mass is 530 g/mol. The van der Waals surface area contributed by atoms with Gasteiger partial charge < -0.3 is 5.32 Å². The summed E-state index contributed by atoms with van der Waals surface area (Å²) in [5, 5.41) is 3.14. The molecule has 1 aliphatic rings. The Morgan fingerprint density at radius 2 is 1.89 bits per heavy atom. The standard InChI is InChI=1S/C29H31BrN4O/c1-20(2)21-12-14-24(15-13-21)31-29(35)22-7-6-16-33(18-22)19-28-32-26-10-3-4-11-27(26)34(28)25-9-5-8-23(30)17-25/h3-5,8-15,17,20,22H,6-7,16,18-19H2,1-2H3,(H,31,35)/t22-/m0/s1. The highest BCUT2D eigenvalue weighted by Gasteiger charge is 2.27. The quantitative estimate of drug-likeness (QED) is 0.299. The summed E-state index contributed by atoms with van der Waals surface area (Å²) in [5.41, 5.74) is 5.31. The highest BCUT2D eigenvalue weighted by Crippen LogP contribution is 2.27. The number of nitrogens with one attached hydrogen (secondary N) is 1. The molecule has 3 aromatic carbocycles. The predicted molar refractivity (Wildman–Crippen MR) is 146 cm³/mol. The number of fused-ring (bicyclic) bond motifs is 1. The topological polar surface area (TPSA) is 50.2 Å².